The summed E-state index contributed by atoms with van der Waals surface area (Å²) in [6.07, 6.45) is 5.98. The quantitative estimate of drug-likeness (QED) is 0.254. The summed E-state index contributed by atoms with van der Waals surface area (Å²) in [5.74, 6) is 3.05. The lowest BCUT2D eigenvalue weighted by Crippen LogP contribution is -2.27. The molecule has 5 heteroatoms. The Kier molecular flexibility index (Phi) is 7.40. The van der Waals surface area contributed by atoms with Gasteiger partial charge in [0.25, 0.3) is 0 Å². The van der Waals surface area contributed by atoms with Gasteiger partial charge >= 0.3 is 0 Å². The Balaban J connectivity index is 1.57. The number of rotatable bonds is 8. The van der Waals surface area contributed by atoms with Gasteiger partial charge in [-0.2, -0.15) is 0 Å². The Bertz CT molecular complexity index is 1430. The fourth-order valence-corrected chi connectivity index (χ4v) is 4.81. The molecule has 0 spiro atoms. The molecule has 1 aromatic heterocycles. The normalized spacial score (nSPS) is 11.2. The van der Waals surface area contributed by atoms with Gasteiger partial charge in [-0.05, 0) is 53.7 Å². The van der Waals surface area contributed by atoms with E-state index in [1.807, 2.05) is 48.5 Å². The summed E-state index contributed by atoms with van der Waals surface area (Å²) < 4.78 is 28.4. The molecule has 0 aliphatic carbocycles. The van der Waals surface area contributed by atoms with Crippen LogP contribution in [0.5, 0.6) is 0 Å². The van der Waals surface area contributed by atoms with E-state index in [1.54, 1.807) is 0 Å². The third kappa shape index (κ3) is 5.89. The van der Waals surface area contributed by atoms with Crippen LogP contribution < -0.4 is 0 Å². The molecule has 0 fully saturated rings. The second-order valence-electron chi connectivity index (χ2n) is 8.56. The minimum Gasteiger partial charge on any atom is -0.343 e. The van der Waals surface area contributed by atoms with E-state index < -0.39 is 10.0 Å². The molecule has 0 unspecified atom stereocenters. The fraction of sp³-hybridized carbons (Fsp3) is 0.241. The van der Waals surface area contributed by atoms with E-state index in [1.165, 1.54) is 21.7 Å². The Hall–Kier alpha value is -3.49. The highest BCUT2D eigenvalue weighted by atomic mass is 32.2. The van der Waals surface area contributed by atoms with E-state index in [-0.39, 0.29) is 0 Å². The van der Waals surface area contributed by atoms with Crippen LogP contribution in [0, 0.1) is 12.0 Å². The van der Waals surface area contributed by atoms with Gasteiger partial charge in [-0.25, -0.2) is 12.7 Å². The number of hydrogen-bond acceptors (Lipinski definition) is 2. The molecule has 0 amide bonds. The van der Waals surface area contributed by atoms with Crippen molar-refractivity contribution in [2.24, 2.45) is 0 Å². The molecule has 4 aromatic rings. The molecule has 0 saturated heterocycles. The Labute approximate surface area is 202 Å². The SMILES string of the molecule is CCCc1cccc(C#CN(CCc2cn(Cc3ccccc3)c3ccccc23)S(C)(=O)=O)c1. The van der Waals surface area contributed by atoms with E-state index in [9.17, 15) is 8.42 Å². The molecule has 0 radical (unpaired) electrons. The van der Waals surface area contributed by atoms with Crippen molar-refractivity contribution >= 4 is 20.9 Å². The molecule has 1 heterocycles. The first-order chi connectivity index (χ1) is 16.4. The van der Waals surface area contributed by atoms with E-state index in [4.69, 9.17) is 0 Å². The maximum atomic E-state index is 12.5. The Morgan fingerprint density at radius 3 is 2.38 bits per heavy atom. The van der Waals surface area contributed by atoms with Crippen LogP contribution in [0.25, 0.3) is 10.9 Å². The highest BCUT2D eigenvalue weighted by Gasteiger charge is 2.15. The lowest BCUT2D eigenvalue weighted by molar-refractivity contribution is 0.518. The van der Waals surface area contributed by atoms with E-state index in [0.29, 0.717) is 13.0 Å². The number of fused-ring (bicyclic) bond motifs is 1. The highest BCUT2D eigenvalue weighted by Crippen LogP contribution is 2.23. The molecule has 0 atom stereocenters. The number of para-hydroxylation sites is 1. The number of hydrogen-bond donors (Lipinski definition) is 0. The van der Waals surface area contributed by atoms with E-state index >= 15 is 0 Å². The average Bonchev–Trinajstić information content (AvgIpc) is 3.17. The molecular weight excluding hydrogens is 440 g/mol. The molecule has 0 aliphatic heterocycles. The summed E-state index contributed by atoms with van der Waals surface area (Å²) >= 11 is 0. The van der Waals surface area contributed by atoms with Gasteiger partial charge in [-0.15, -0.1) is 0 Å². The first kappa shape index (κ1) is 23.7. The van der Waals surface area contributed by atoms with Gasteiger partial charge in [0.1, 0.15) is 0 Å². The van der Waals surface area contributed by atoms with Crippen molar-refractivity contribution < 1.29 is 8.42 Å². The third-order valence-electron chi connectivity index (χ3n) is 5.84. The highest BCUT2D eigenvalue weighted by molar-refractivity contribution is 7.88. The molecule has 3 aromatic carbocycles. The summed E-state index contributed by atoms with van der Waals surface area (Å²) in [7, 11) is -3.47. The average molecular weight is 471 g/mol. The predicted molar refractivity (Wildman–Crippen MR) is 140 cm³/mol. The lowest BCUT2D eigenvalue weighted by Gasteiger charge is -2.14. The molecule has 34 heavy (non-hydrogen) atoms. The molecule has 4 nitrogen and oxygen atoms in total. The molecular formula is C29H30N2O2S. The van der Waals surface area contributed by atoms with Crippen LogP contribution in [0.15, 0.2) is 85.1 Å². The number of sulfonamides is 1. The van der Waals surface area contributed by atoms with Gasteiger partial charge in [0.05, 0.1) is 6.26 Å². The molecule has 4 rings (SSSR count). The fourth-order valence-electron chi connectivity index (χ4n) is 4.18. The van der Waals surface area contributed by atoms with Crippen molar-refractivity contribution in [2.75, 3.05) is 12.8 Å². The van der Waals surface area contributed by atoms with Crippen molar-refractivity contribution in [1.82, 2.24) is 8.87 Å². The van der Waals surface area contributed by atoms with Gasteiger partial charge < -0.3 is 4.57 Å². The van der Waals surface area contributed by atoms with Gasteiger partial charge in [0.15, 0.2) is 0 Å². The number of benzene rings is 3. The molecule has 0 aliphatic rings. The zero-order valence-electron chi connectivity index (χ0n) is 19.7. The van der Waals surface area contributed by atoms with Gasteiger partial charge in [0, 0.05) is 41.8 Å². The van der Waals surface area contributed by atoms with Crippen LogP contribution >= 0.6 is 0 Å². The minimum atomic E-state index is -3.47. The topological polar surface area (TPSA) is 42.3 Å². The van der Waals surface area contributed by atoms with E-state index in [2.05, 4.69) is 60.0 Å². The first-order valence-corrected chi connectivity index (χ1v) is 13.5. The van der Waals surface area contributed by atoms with E-state index in [0.717, 1.165) is 41.4 Å². The van der Waals surface area contributed by atoms with Crippen LogP contribution in [0.3, 0.4) is 0 Å². The minimum absolute atomic E-state index is 0.305. The molecule has 0 N–H and O–H groups in total. The second-order valence-corrected chi connectivity index (χ2v) is 10.5. The van der Waals surface area contributed by atoms with Crippen molar-refractivity contribution in [3.05, 3.63) is 107 Å². The van der Waals surface area contributed by atoms with Crippen LogP contribution in [-0.4, -0.2) is 30.1 Å². The Morgan fingerprint density at radius 1 is 0.882 bits per heavy atom. The molecule has 0 saturated carbocycles. The van der Waals surface area contributed by atoms with Gasteiger partial charge in [-0.3, -0.25) is 0 Å². The summed E-state index contributed by atoms with van der Waals surface area (Å²) in [5, 5.41) is 1.15. The predicted octanol–water partition coefficient (Wildman–Crippen LogP) is 5.46. The standard InChI is InChI=1S/C29H30N2O2S/c1-3-10-24-13-9-14-25(21-24)17-19-31(34(2,32)33)20-18-27-23-30(22-26-11-5-4-6-12-26)29-16-8-7-15-28(27)29/h4-9,11-16,21,23H,3,10,18,20,22H2,1-2H3. The second kappa shape index (κ2) is 10.6. The third-order valence-corrected chi connectivity index (χ3v) is 6.92. The zero-order chi connectivity index (χ0) is 24.0. The maximum Gasteiger partial charge on any atom is 0.238 e. The van der Waals surface area contributed by atoms with Gasteiger partial charge in [-0.1, -0.05) is 74.0 Å². The van der Waals surface area contributed by atoms with Crippen LogP contribution in [0.4, 0.5) is 0 Å². The molecule has 174 valence electrons. The van der Waals surface area contributed by atoms with Crippen molar-refractivity contribution in [3.63, 3.8) is 0 Å². The van der Waals surface area contributed by atoms with Crippen LogP contribution in [0.2, 0.25) is 0 Å². The maximum absolute atomic E-state index is 12.5. The summed E-state index contributed by atoms with van der Waals surface area (Å²) in [4.78, 5) is 0. The van der Waals surface area contributed by atoms with Crippen LogP contribution in [-0.2, 0) is 29.4 Å². The van der Waals surface area contributed by atoms with Crippen LogP contribution in [0.1, 0.15) is 35.6 Å². The molecule has 0 bridgehead atoms. The number of aryl methyl sites for hydroxylation is 1. The number of aromatic nitrogens is 1. The lowest BCUT2D eigenvalue weighted by atomic mass is 10.1. The van der Waals surface area contributed by atoms with Crippen molar-refractivity contribution in [1.29, 1.82) is 0 Å². The summed E-state index contributed by atoms with van der Waals surface area (Å²) in [6, 6.07) is 29.5. The van der Waals surface area contributed by atoms with Crippen molar-refractivity contribution in [2.45, 2.75) is 32.7 Å². The zero-order valence-corrected chi connectivity index (χ0v) is 20.6. The largest absolute Gasteiger partial charge is 0.343 e. The monoisotopic (exact) mass is 470 g/mol. The number of nitrogens with zero attached hydrogens (tertiary/aromatic N) is 2. The smallest absolute Gasteiger partial charge is 0.238 e. The summed E-state index contributed by atoms with van der Waals surface area (Å²) in [5.41, 5.74) is 5.53. The Morgan fingerprint density at radius 2 is 1.62 bits per heavy atom. The van der Waals surface area contributed by atoms with Crippen molar-refractivity contribution in [3.8, 4) is 12.0 Å². The summed E-state index contributed by atoms with van der Waals surface area (Å²) in [6.45, 7) is 3.21. The first-order valence-electron chi connectivity index (χ1n) is 11.6. The van der Waals surface area contributed by atoms with Gasteiger partial charge in [0.2, 0.25) is 10.0 Å².